The van der Waals surface area contributed by atoms with E-state index in [4.69, 9.17) is 0 Å². The fourth-order valence-corrected chi connectivity index (χ4v) is 5.00. The van der Waals surface area contributed by atoms with Crippen LogP contribution in [0.4, 0.5) is 5.00 Å². The van der Waals surface area contributed by atoms with E-state index in [1.165, 1.54) is 4.88 Å². The Hall–Kier alpha value is -1.79. The van der Waals surface area contributed by atoms with Crippen molar-refractivity contribution in [2.75, 3.05) is 18.1 Å². The molecular formula is C18H20N2O2S2. The second kappa shape index (κ2) is 7.85. The van der Waals surface area contributed by atoms with Crippen molar-refractivity contribution in [1.82, 2.24) is 5.32 Å². The van der Waals surface area contributed by atoms with Crippen molar-refractivity contribution in [1.29, 1.82) is 0 Å². The molecule has 0 radical (unpaired) electrons. The number of thioether (sulfide) groups is 1. The summed E-state index contributed by atoms with van der Waals surface area (Å²) in [5, 5.41) is 6.34. The number of benzene rings is 1. The molecule has 6 heteroatoms. The summed E-state index contributed by atoms with van der Waals surface area (Å²) in [6.45, 7) is 0. The summed E-state index contributed by atoms with van der Waals surface area (Å²) in [5.41, 5.74) is 1.78. The van der Waals surface area contributed by atoms with Crippen LogP contribution in [0.25, 0.3) is 0 Å². The van der Waals surface area contributed by atoms with Crippen LogP contribution in [-0.2, 0) is 17.6 Å². The maximum absolute atomic E-state index is 12.2. The van der Waals surface area contributed by atoms with Gasteiger partial charge in [0.25, 0.3) is 5.91 Å². The summed E-state index contributed by atoms with van der Waals surface area (Å²) < 4.78 is 0. The first kappa shape index (κ1) is 17.0. The minimum Gasteiger partial charge on any atom is -0.355 e. The normalized spacial score (nSPS) is 12.7. The van der Waals surface area contributed by atoms with Gasteiger partial charge in [0.15, 0.2) is 0 Å². The number of carbonyl (C=O) groups is 2. The summed E-state index contributed by atoms with van der Waals surface area (Å²) in [6, 6.07) is 10.0. The van der Waals surface area contributed by atoms with Crippen molar-refractivity contribution in [3.05, 3.63) is 46.3 Å². The molecule has 1 aromatic heterocycles. The highest BCUT2D eigenvalue weighted by Gasteiger charge is 2.26. The van der Waals surface area contributed by atoms with E-state index >= 15 is 0 Å². The van der Waals surface area contributed by atoms with E-state index in [0.717, 1.165) is 35.5 Å². The predicted molar refractivity (Wildman–Crippen MR) is 100 cm³/mol. The zero-order chi connectivity index (χ0) is 16.9. The highest BCUT2D eigenvalue weighted by atomic mass is 32.2. The first-order valence-corrected chi connectivity index (χ1v) is 9.83. The molecule has 3 rings (SSSR count). The van der Waals surface area contributed by atoms with Gasteiger partial charge in [-0.3, -0.25) is 9.59 Å². The van der Waals surface area contributed by atoms with Crippen molar-refractivity contribution >= 4 is 39.9 Å². The van der Waals surface area contributed by atoms with Crippen LogP contribution in [0.3, 0.4) is 0 Å². The van der Waals surface area contributed by atoms with E-state index < -0.39 is 0 Å². The minimum atomic E-state index is -0.108. The maximum Gasteiger partial charge on any atom is 0.254 e. The van der Waals surface area contributed by atoms with Gasteiger partial charge in [-0.25, -0.2) is 0 Å². The number of amides is 2. The number of aryl methyl sites for hydroxylation is 1. The fourth-order valence-electron chi connectivity index (χ4n) is 2.82. The Morgan fingerprint density at radius 1 is 1.21 bits per heavy atom. The predicted octanol–water partition coefficient (Wildman–Crippen LogP) is 3.72. The number of thiophene rings is 1. The average Bonchev–Trinajstić information content (AvgIpc) is 3.15. The van der Waals surface area contributed by atoms with E-state index in [-0.39, 0.29) is 11.8 Å². The number of carbonyl (C=O) groups excluding carboxylic acids is 2. The molecule has 1 aliphatic rings. The molecule has 0 bridgehead atoms. The lowest BCUT2D eigenvalue weighted by molar-refractivity contribution is -0.115. The first-order valence-electron chi connectivity index (χ1n) is 8.03. The van der Waals surface area contributed by atoms with E-state index in [9.17, 15) is 9.59 Å². The van der Waals surface area contributed by atoms with Crippen molar-refractivity contribution in [2.45, 2.75) is 30.6 Å². The van der Waals surface area contributed by atoms with Gasteiger partial charge in [0.1, 0.15) is 5.00 Å². The molecule has 2 amide bonds. The summed E-state index contributed by atoms with van der Waals surface area (Å²) in [6.07, 6.45) is 3.44. The van der Waals surface area contributed by atoms with Crippen LogP contribution in [0.2, 0.25) is 0 Å². The lowest BCUT2D eigenvalue weighted by atomic mass is 10.1. The number of nitrogens with one attached hydrogen (secondary N) is 2. The van der Waals surface area contributed by atoms with Gasteiger partial charge in [-0.1, -0.05) is 18.2 Å². The molecule has 0 spiro atoms. The molecule has 0 aliphatic heterocycles. The Kier molecular flexibility index (Phi) is 5.58. The number of anilines is 1. The van der Waals surface area contributed by atoms with Crippen LogP contribution < -0.4 is 10.6 Å². The third-order valence-corrected chi connectivity index (χ3v) is 6.19. The van der Waals surface area contributed by atoms with Gasteiger partial charge in [-0.15, -0.1) is 23.1 Å². The second-order valence-electron chi connectivity index (χ2n) is 5.60. The third-order valence-electron chi connectivity index (χ3n) is 3.97. The number of hydrogen-bond acceptors (Lipinski definition) is 4. The smallest absolute Gasteiger partial charge is 0.254 e. The molecule has 0 saturated carbocycles. The third kappa shape index (κ3) is 3.82. The Balaban J connectivity index is 1.61. The second-order valence-corrected chi connectivity index (χ2v) is 7.87. The lowest BCUT2D eigenvalue weighted by Crippen LogP contribution is -2.21. The molecule has 2 aromatic rings. The van der Waals surface area contributed by atoms with Gasteiger partial charge >= 0.3 is 0 Å². The molecule has 24 heavy (non-hydrogen) atoms. The van der Waals surface area contributed by atoms with Crippen LogP contribution in [0.5, 0.6) is 0 Å². The molecule has 4 nitrogen and oxygen atoms in total. The number of rotatable bonds is 6. The molecule has 1 heterocycles. The molecular weight excluding hydrogens is 340 g/mol. The molecule has 2 N–H and O–H groups in total. The van der Waals surface area contributed by atoms with Crippen molar-refractivity contribution in [2.24, 2.45) is 0 Å². The topological polar surface area (TPSA) is 58.2 Å². The monoisotopic (exact) mass is 360 g/mol. The van der Waals surface area contributed by atoms with E-state index in [0.29, 0.717) is 17.0 Å². The van der Waals surface area contributed by atoms with Crippen molar-refractivity contribution in [3.63, 3.8) is 0 Å². The Morgan fingerprint density at radius 3 is 2.75 bits per heavy atom. The van der Waals surface area contributed by atoms with Crippen LogP contribution >= 0.6 is 23.1 Å². The zero-order valence-electron chi connectivity index (χ0n) is 13.6. The average molecular weight is 361 g/mol. The number of fused-ring (bicyclic) bond motifs is 1. The molecule has 1 aromatic carbocycles. The molecule has 0 atom stereocenters. The molecule has 0 fully saturated rings. The fraction of sp³-hybridized carbons (Fsp3) is 0.333. The highest BCUT2D eigenvalue weighted by Crippen LogP contribution is 2.39. The van der Waals surface area contributed by atoms with Gasteiger partial charge in [-0.05, 0) is 37.0 Å². The van der Waals surface area contributed by atoms with Crippen LogP contribution in [0.15, 0.2) is 35.2 Å². The molecule has 0 unspecified atom stereocenters. The summed E-state index contributed by atoms with van der Waals surface area (Å²) in [7, 11) is 1.63. The zero-order valence-corrected chi connectivity index (χ0v) is 15.2. The van der Waals surface area contributed by atoms with E-state index in [1.54, 1.807) is 30.1 Å². The molecule has 1 aliphatic carbocycles. The van der Waals surface area contributed by atoms with Crippen LogP contribution in [0.1, 0.15) is 33.6 Å². The van der Waals surface area contributed by atoms with E-state index in [2.05, 4.69) is 10.6 Å². The quantitative estimate of drug-likeness (QED) is 0.772. The van der Waals surface area contributed by atoms with Crippen molar-refractivity contribution < 1.29 is 9.59 Å². The Morgan fingerprint density at radius 2 is 2.00 bits per heavy atom. The Bertz CT molecular complexity index is 741. The lowest BCUT2D eigenvalue weighted by Gasteiger charge is -2.07. The van der Waals surface area contributed by atoms with Gasteiger partial charge < -0.3 is 10.6 Å². The summed E-state index contributed by atoms with van der Waals surface area (Å²) >= 11 is 3.21. The van der Waals surface area contributed by atoms with Gasteiger partial charge in [0, 0.05) is 29.0 Å². The SMILES string of the molecule is CNC(=O)c1c(NC(=O)CCSc2ccccc2)sc2c1CCC2. The molecule has 126 valence electrons. The maximum atomic E-state index is 12.2. The van der Waals surface area contributed by atoms with Gasteiger partial charge in [-0.2, -0.15) is 0 Å². The van der Waals surface area contributed by atoms with E-state index in [1.807, 2.05) is 30.3 Å². The first-order chi connectivity index (χ1) is 11.7. The van der Waals surface area contributed by atoms with Crippen molar-refractivity contribution in [3.8, 4) is 0 Å². The summed E-state index contributed by atoms with van der Waals surface area (Å²) in [4.78, 5) is 26.8. The Labute approximate surface area is 150 Å². The summed E-state index contributed by atoms with van der Waals surface area (Å²) in [5.74, 6) is 0.572. The minimum absolute atomic E-state index is 0.0384. The number of hydrogen-bond donors (Lipinski definition) is 2. The highest BCUT2D eigenvalue weighted by molar-refractivity contribution is 7.99. The van der Waals surface area contributed by atoms with Crippen LogP contribution in [0, 0.1) is 0 Å². The standard InChI is InChI=1S/C18H20N2O2S2/c1-19-17(22)16-13-8-5-9-14(13)24-18(16)20-15(21)10-11-23-12-6-3-2-4-7-12/h2-4,6-7H,5,8-11H2,1H3,(H,19,22)(H,20,21). The van der Waals surface area contributed by atoms with Gasteiger partial charge in [0.05, 0.1) is 5.56 Å². The van der Waals surface area contributed by atoms with Crippen LogP contribution in [-0.4, -0.2) is 24.6 Å². The molecule has 0 saturated heterocycles. The largest absolute Gasteiger partial charge is 0.355 e. The van der Waals surface area contributed by atoms with Gasteiger partial charge in [0.2, 0.25) is 5.91 Å².